The average molecular weight is 295 g/mol. The highest BCUT2D eigenvalue weighted by molar-refractivity contribution is 5.84. The van der Waals surface area contributed by atoms with Gasteiger partial charge in [0.25, 0.3) is 0 Å². The summed E-state index contributed by atoms with van der Waals surface area (Å²) in [4.78, 5) is 35.3. The lowest BCUT2D eigenvalue weighted by atomic mass is 10.1. The van der Waals surface area contributed by atoms with E-state index in [0.29, 0.717) is 25.1 Å². The molecular weight excluding hydrogens is 278 g/mol. The highest BCUT2D eigenvalue weighted by atomic mass is 16.4. The van der Waals surface area contributed by atoms with E-state index >= 15 is 0 Å². The molecule has 0 aromatic carbocycles. The van der Waals surface area contributed by atoms with E-state index in [-0.39, 0.29) is 30.3 Å². The first-order valence-electron chi connectivity index (χ1n) is 6.56. The standard InChI is InChI=1S/C13H17N3O5/c1-16-7-8(2-5-11(16)17)15-13(20)14-6-9-3-4-10(21-9)12(18)19/h3-4,8H,2,5-7H2,1H3,(H,18,19)(H2,14,15,20). The van der Waals surface area contributed by atoms with Gasteiger partial charge < -0.3 is 25.1 Å². The van der Waals surface area contributed by atoms with Gasteiger partial charge in [-0.05, 0) is 18.6 Å². The average Bonchev–Trinajstić information content (AvgIpc) is 2.90. The van der Waals surface area contributed by atoms with Crippen LogP contribution in [0.25, 0.3) is 0 Å². The molecule has 1 atom stereocenters. The van der Waals surface area contributed by atoms with Crippen molar-refractivity contribution >= 4 is 17.9 Å². The van der Waals surface area contributed by atoms with Crippen molar-refractivity contribution < 1.29 is 23.9 Å². The number of piperidine rings is 1. The first kappa shape index (κ1) is 14.9. The van der Waals surface area contributed by atoms with Gasteiger partial charge >= 0.3 is 12.0 Å². The number of amides is 3. The molecule has 0 radical (unpaired) electrons. The molecule has 0 aliphatic carbocycles. The number of likely N-dealkylation sites (N-methyl/N-ethyl adjacent to an activating group) is 1. The van der Waals surface area contributed by atoms with Gasteiger partial charge in [-0.25, -0.2) is 9.59 Å². The second kappa shape index (κ2) is 6.29. The van der Waals surface area contributed by atoms with E-state index in [1.165, 1.54) is 12.1 Å². The van der Waals surface area contributed by atoms with Crippen LogP contribution in [0.3, 0.4) is 0 Å². The number of hydrogen-bond acceptors (Lipinski definition) is 4. The van der Waals surface area contributed by atoms with Crippen molar-refractivity contribution in [2.45, 2.75) is 25.4 Å². The van der Waals surface area contributed by atoms with Crippen LogP contribution in [-0.2, 0) is 11.3 Å². The molecule has 2 rings (SSSR count). The quantitative estimate of drug-likeness (QED) is 0.744. The van der Waals surface area contributed by atoms with E-state index in [2.05, 4.69) is 10.6 Å². The fraction of sp³-hybridized carbons (Fsp3) is 0.462. The van der Waals surface area contributed by atoms with Crippen molar-refractivity contribution in [3.8, 4) is 0 Å². The van der Waals surface area contributed by atoms with Crippen LogP contribution in [0.1, 0.15) is 29.2 Å². The lowest BCUT2D eigenvalue weighted by Crippen LogP contribution is -2.50. The van der Waals surface area contributed by atoms with Crippen LogP contribution < -0.4 is 10.6 Å². The van der Waals surface area contributed by atoms with Gasteiger partial charge in [0.15, 0.2) is 0 Å². The van der Waals surface area contributed by atoms with E-state index in [1.807, 2.05) is 0 Å². The number of hydrogen-bond donors (Lipinski definition) is 3. The van der Waals surface area contributed by atoms with Crippen LogP contribution in [0.5, 0.6) is 0 Å². The van der Waals surface area contributed by atoms with E-state index in [9.17, 15) is 14.4 Å². The fourth-order valence-corrected chi connectivity index (χ4v) is 2.12. The van der Waals surface area contributed by atoms with Gasteiger partial charge in [-0.1, -0.05) is 0 Å². The predicted molar refractivity (Wildman–Crippen MR) is 71.7 cm³/mol. The molecule has 0 saturated carbocycles. The SMILES string of the molecule is CN1CC(NC(=O)NCc2ccc(C(=O)O)o2)CCC1=O. The molecule has 8 heteroatoms. The Balaban J connectivity index is 1.77. The lowest BCUT2D eigenvalue weighted by Gasteiger charge is -2.30. The number of carboxylic acids is 1. The van der Waals surface area contributed by atoms with Gasteiger partial charge in [0, 0.05) is 26.1 Å². The van der Waals surface area contributed by atoms with Crippen LogP contribution in [0.4, 0.5) is 4.79 Å². The number of likely N-dealkylation sites (tertiary alicyclic amines) is 1. The maximum absolute atomic E-state index is 11.7. The van der Waals surface area contributed by atoms with Crippen molar-refractivity contribution in [3.05, 3.63) is 23.7 Å². The Bertz CT molecular complexity index is 554. The number of furan rings is 1. The molecule has 0 spiro atoms. The molecule has 2 heterocycles. The van der Waals surface area contributed by atoms with E-state index in [0.717, 1.165) is 0 Å². The second-order valence-corrected chi connectivity index (χ2v) is 4.91. The number of nitrogens with one attached hydrogen (secondary N) is 2. The lowest BCUT2D eigenvalue weighted by molar-refractivity contribution is -0.132. The second-order valence-electron chi connectivity index (χ2n) is 4.91. The van der Waals surface area contributed by atoms with Crippen molar-refractivity contribution in [2.75, 3.05) is 13.6 Å². The predicted octanol–water partition coefficient (Wildman–Crippen LogP) is 0.398. The summed E-state index contributed by atoms with van der Waals surface area (Å²) in [5, 5.41) is 14.1. The smallest absolute Gasteiger partial charge is 0.371 e. The zero-order valence-electron chi connectivity index (χ0n) is 11.6. The van der Waals surface area contributed by atoms with Crippen molar-refractivity contribution in [3.63, 3.8) is 0 Å². The van der Waals surface area contributed by atoms with Gasteiger partial charge in [0.1, 0.15) is 5.76 Å². The maximum Gasteiger partial charge on any atom is 0.371 e. The summed E-state index contributed by atoms with van der Waals surface area (Å²) in [6, 6.07) is 2.37. The number of carbonyl (C=O) groups is 3. The summed E-state index contributed by atoms with van der Waals surface area (Å²) >= 11 is 0. The molecular formula is C13H17N3O5. The molecule has 1 unspecified atom stereocenters. The summed E-state index contributed by atoms with van der Waals surface area (Å²) in [7, 11) is 1.70. The van der Waals surface area contributed by atoms with Crippen molar-refractivity contribution in [1.29, 1.82) is 0 Å². The molecule has 114 valence electrons. The first-order valence-corrected chi connectivity index (χ1v) is 6.56. The third-order valence-electron chi connectivity index (χ3n) is 3.26. The summed E-state index contributed by atoms with van der Waals surface area (Å²) < 4.78 is 5.02. The van der Waals surface area contributed by atoms with Crippen LogP contribution in [0, 0.1) is 0 Å². The number of urea groups is 1. The van der Waals surface area contributed by atoms with Gasteiger partial charge in [0.05, 0.1) is 6.54 Å². The largest absolute Gasteiger partial charge is 0.475 e. The van der Waals surface area contributed by atoms with Crippen LogP contribution >= 0.6 is 0 Å². The number of rotatable bonds is 4. The van der Waals surface area contributed by atoms with Crippen molar-refractivity contribution in [1.82, 2.24) is 15.5 Å². The molecule has 1 aromatic heterocycles. The third kappa shape index (κ3) is 3.98. The number of aromatic carboxylic acids is 1. The minimum absolute atomic E-state index is 0.0743. The van der Waals surface area contributed by atoms with Gasteiger partial charge in [-0.3, -0.25) is 4.79 Å². The topological polar surface area (TPSA) is 112 Å². The van der Waals surface area contributed by atoms with Gasteiger partial charge in [-0.2, -0.15) is 0 Å². The summed E-state index contributed by atoms with van der Waals surface area (Å²) in [5.41, 5.74) is 0. The Labute approximate surface area is 121 Å². The van der Waals surface area contributed by atoms with E-state index < -0.39 is 5.97 Å². The molecule has 3 amide bonds. The molecule has 21 heavy (non-hydrogen) atoms. The fourth-order valence-electron chi connectivity index (χ4n) is 2.12. The molecule has 1 aliphatic heterocycles. The summed E-state index contributed by atoms with van der Waals surface area (Å²) in [6.07, 6.45) is 1.03. The van der Waals surface area contributed by atoms with E-state index in [4.69, 9.17) is 9.52 Å². The number of nitrogens with zero attached hydrogens (tertiary/aromatic N) is 1. The Morgan fingerprint density at radius 1 is 1.48 bits per heavy atom. The zero-order chi connectivity index (χ0) is 15.4. The molecule has 3 N–H and O–H groups in total. The van der Waals surface area contributed by atoms with Crippen LogP contribution in [-0.4, -0.2) is 47.5 Å². The first-order chi connectivity index (χ1) is 9.95. The molecule has 0 bridgehead atoms. The van der Waals surface area contributed by atoms with E-state index in [1.54, 1.807) is 11.9 Å². The minimum atomic E-state index is -1.15. The Kier molecular flexibility index (Phi) is 4.46. The van der Waals surface area contributed by atoms with Crippen LogP contribution in [0.2, 0.25) is 0 Å². The Morgan fingerprint density at radius 3 is 2.86 bits per heavy atom. The maximum atomic E-state index is 11.7. The molecule has 1 aromatic rings. The third-order valence-corrected chi connectivity index (χ3v) is 3.26. The van der Waals surface area contributed by atoms with Gasteiger partial charge in [0.2, 0.25) is 11.7 Å². The molecule has 1 saturated heterocycles. The molecule has 8 nitrogen and oxygen atoms in total. The van der Waals surface area contributed by atoms with Crippen LogP contribution in [0.15, 0.2) is 16.5 Å². The van der Waals surface area contributed by atoms with Gasteiger partial charge in [-0.15, -0.1) is 0 Å². The summed E-state index contributed by atoms with van der Waals surface area (Å²) in [6.45, 7) is 0.580. The monoisotopic (exact) mass is 295 g/mol. The Morgan fingerprint density at radius 2 is 2.24 bits per heavy atom. The normalized spacial score (nSPS) is 18.4. The minimum Gasteiger partial charge on any atom is -0.475 e. The number of carbonyl (C=O) groups excluding carboxylic acids is 2. The molecule has 1 aliphatic rings. The summed E-state index contributed by atoms with van der Waals surface area (Å²) in [5.74, 6) is -0.885. The van der Waals surface area contributed by atoms with Crippen molar-refractivity contribution in [2.24, 2.45) is 0 Å². The molecule has 1 fully saturated rings. The number of carboxylic acid groups (broad SMARTS) is 1. The zero-order valence-corrected chi connectivity index (χ0v) is 11.6. The highest BCUT2D eigenvalue weighted by Gasteiger charge is 2.23. The Hall–Kier alpha value is -2.51. The highest BCUT2D eigenvalue weighted by Crippen LogP contribution is 2.10.